The molecule has 2 amide bonds. The zero-order chi connectivity index (χ0) is 15.0. The second-order valence-electron chi connectivity index (χ2n) is 6.46. The standard InChI is InChI=1S/C14H22N2O4S/c17-13(18)11-8-1-2-9(7-8)12(11)16-14(19)15-10-3-5-21(20)6-4-10/h8-12H,1-7H2,(H,17,18)(H2,15,16,19). The van der Waals surface area contributed by atoms with Crippen molar-refractivity contribution >= 4 is 22.8 Å². The maximum Gasteiger partial charge on any atom is 0.315 e. The zero-order valence-electron chi connectivity index (χ0n) is 11.9. The number of nitrogens with one attached hydrogen (secondary N) is 2. The third-order valence-electron chi connectivity index (χ3n) is 5.22. The van der Waals surface area contributed by atoms with E-state index in [2.05, 4.69) is 10.6 Å². The Bertz CT molecular complexity index is 460. The maximum atomic E-state index is 12.1. The molecule has 0 aromatic carbocycles. The SMILES string of the molecule is O=C(NC1CCS(=O)CC1)NC1C2CCC(C2)C1C(=O)O. The van der Waals surface area contributed by atoms with Crippen molar-refractivity contribution in [3.63, 3.8) is 0 Å². The molecule has 6 nitrogen and oxygen atoms in total. The van der Waals surface area contributed by atoms with E-state index in [1.165, 1.54) is 0 Å². The van der Waals surface area contributed by atoms with Crippen LogP contribution < -0.4 is 10.6 Å². The average molecular weight is 314 g/mol. The van der Waals surface area contributed by atoms with Crippen molar-refractivity contribution < 1.29 is 18.9 Å². The van der Waals surface area contributed by atoms with E-state index < -0.39 is 22.7 Å². The van der Waals surface area contributed by atoms with Crippen molar-refractivity contribution in [1.82, 2.24) is 10.6 Å². The summed E-state index contributed by atoms with van der Waals surface area (Å²) in [5.41, 5.74) is 0. The first-order valence-electron chi connectivity index (χ1n) is 7.69. The van der Waals surface area contributed by atoms with Crippen LogP contribution in [0.5, 0.6) is 0 Å². The van der Waals surface area contributed by atoms with Crippen LogP contribution in [0.25, 0.3) is 0 Å². The molecule has 0 radical (unpaired) electrons. The van der Waals surface area contributed by atoms with Gasteiger partial charge >= 0.3 is 12.0 Å². The molecule has 118 valence electrons. The lowest BCUT2D eigenvalue weighted by atomic mass is 9.84. The number of amides is 2. The van der Waals surface area contributed by atoms with E-state index in [0.717, 1.165) is 32.1 Å². The molecule has 3 fully saturated rings. The molecule has 0 aromatic rings. The fourth-order valence-corrected chi connectivity index (χ4v) is 5.47. The van der Waals surface area contributed by atoms with Crippen LogP contribution in [0.3, 0.4) is 0 Å². The van der Waals surface area contributed by atoms with Gasteiger partial charge in [-0.3, -0.25) is 9.00 Å². The van der Waals surface area contributed by atoms with Crippen molar-refractivity contribution in [2.24, 2.45) is 17.8 Å². The molecule has 1 saturated heterocycles. The van der Waals surface area contributed by atoms with Crippen molar-refractivity contribution in [3.05, 3.63) is 0 Å². The Morgan fingerprint density at radius 3 is 2.33 bits per heavy atom. The molecule has 0 spiro atoms. The van der Waals surface area contributed by atoms with Crippen LogP contribution in [0.15, 0.2) is 0 Å². The monoisotopic (exact) mass is 314 g/mol. The number of carboxylic acid groups (broad SMARTS) is 1. The minimum Gasteiger partial charge on any atom is -0.481 e. The maximum absolute atomic E-state index is 12.1. The molecule has 3 N–H and O–H groups in total. The fourth-order valence-electron chi connectivity index (χ4n) is 4.17. The van der Waals surface area contributed by atoms with Crippen LogP contribution in [-0.2, 0) is 15.6 Å². The lowest BCUT2D eigenvalue weighted by Crippen LogP contribution is -2.52. The van der Waals surface area contributed by atoms with E-state index in [4.69, 9.17) is 0 Å². The van der Waals surface area contributed by atoms with Crippen molar-refractivity contribution in [2.45, 2.75) is 44.2 Å². The Kier molecular flexibility index (Phi) is 4.19. The summed E-state index contributed by atoms with van der Waals surface area (Å²) in [6.45, 7) is 0. The van der Waals surface area contributed by atoms with Gasteiger partial charge in [0.05, 0.1) is 5.92 Å². The van der Waals surface area contributed by atoms with Gasteiger partial charge in [0.2, 0.25) is 0 Å². The van der Waals surface area contributed by atoms with Gasteiger partial charge in [0, 0.05) is 34.4 Å². The Morgan fingerprint density at radius 1 is 1.00 bits per heavy atom. The largest absolute Gasteiger partial charge is 0.481 e. The van der Waals surface area contributed by atoms with Crippen LogP contribution in [0.1, 0.15) is 32.1 Å². The van der Waals surface area contributed by atoms with Crippen LogP contribution >= 0.6 is 0 Å². The van der Waals surface area contributed by atoms with E-state index in [-0.39, 0.29) is 24.0 Å². The average Bonchev–Trinajstić information content (AvgIpc) is 3.02. The van der Waals surface area contributed by atoms with Crippen LogP contribution in [0, 0.1) is 17.8 Å². The first-order valence-corrected chi connectivity index (χ1v) is 9.18. The van der Waals surface area contributed by atoms with E-state index in [1.54, 1.807) is 0 Å². The third kappa shape index (κ3) is 3.07. The van der Waals surface area contributed by atoms with E-state index >= 15 is 0 Å². The number of carbonyl (C=O) groups is 2. The number of carboxylic acids is 1. The van der Waals surface area contributed by atoms with Gasteiger partial charge in [0.25, 0.3) is 0 Å². The van der Waals surface area contributed by atoms with Crippen molar-refractivity contribution in [3.8, 4) is 0 Å². The summed E-state index contributed by atoms with van der Waals surface area (Å²) in [4.78, 5) is 23.5. The van der Waals surface area contributed by atoms with Crippen molar-refractivity contribution in [2.75, 3.05) is 11.5 Å². The smallest absolute Gasteiger partial charge is 0.315 e. The molecule has 3 rings (SSSR count). The Morgan fingerprint density at radius 2 is 1.67 bits per heavy atom. The molecule has 7 heteroatoms. The van der Waals surface area contributed by atoms with Crippen LogP contribution in [0.4, 0.5) is 4.79 Å². The van der Waals surface area contributed by atoms with E-state index in [9.17, 15) is 18.9 Å². The van der Waals surface area contributed by atoms with Gasteiger partial charge in [-0.25, -0.2) is 4.79 Å². The van der Waals surface area contributed by atoms with Crippen LogP contribution in [-0.4, -0.2) is 44.9 Å². The third-order valence-corrected chi connectivity index (χ3v) is 6.60. The number of urea groups is 1. The Balaban J connectivity index is 1.54. The Labute approximate surface area is 126 Å². The molecule has 4 atom stereocenters. The highest BCUT2D eigenvalue weighted by Crippen LogP contribution is 2.48. The Hall–Kier alpha value is -1.11. The van der Waals surface area contributed by atoms with Gasteiger partial charge in [-0.15, -0.1) is 0 Å². The number of fused-ring (bicyclic) bond motifs is 2. The first kappa shape index (κ1) is 14.8. The molecule has 0 aromatic heterocycles. The lowest BCUT2D eigenvalue weighted by molar-refractivity contribution is -0.144. The summed E-state index contributed by atoms with van der Waals surface area (Å²) in [5, 5.41) is 15.2. The molecule has 2 saturated carbocycles. The number of carbonyl (C=O) groups excluding carboxylic acids is 1. The van der Waals surface area contributed by atoms with Gasteiger partial charge < -0.3 is 15.7 Å². The molecule has 4 unspecified atom stereocenters. The zero-order valence-corrected chi connectivity index (χ0v) is 12.7. The van der Waals surface area contributed by atoms with Crippen LogP contribution in [0.2, 0.25) is 0 Å². The quantitative estimate of drug-likeness (QED) is 0.714. The highest BCUT2D eigenvalue weighted by atomic mass is 32.2. The molecule has 1 heterocycles. The number of hydrogen-bond acceptors (Lipinski definition) is 3. The van der Waals surface area contributed by atoms with Gasteiger partial charge in [0.15, 0.2) is 0 Å². The second kappa shape index (κ2) is 5.94. The first-order chi connectivity index (χ1) is 10.0. The molecule has 3 aliphatic rings. The number of hydrogen-bond donors (Lipinski definition) is 3. The second-order valence-corrected chi connectivity index (χ2v) is 8.16. The van der Waals surface area contributed by atoms with Gasteiger partial charge in [-0.2, -0.15) is 0 Å². The summed E-state index contributed by atoms with van der Waals surface area (Å²) in [5.74, 6) is 0.567. The summed E-state index contributed by atoms with van der Waals surface area (Å²) in [6.07, 6.45) is 4.38. The van der Waals surface area contributed by atoms with Gasteiger partial charge in [-0.05, 0) is 43.9 Å². The predicted octanol–water partition coefficient (Wildman–Crippen LogP) is 0.696. The lowest BCUT2D eigenvalue weighted by Gasteiger charge is -2.30. The van der Waals surface area contributed by atoms with E-state index in [0.29, 0.717) is 17.4 Å². The molecule has 1 aliphatic heterocycles. The molecule has 21 heavy (non-hydrogen) atoms. The normalized spacial score (nSPS) is 41.7. The number of aliphatic carboxylic acids is 1. The highest BCUT2D eigenvalue weighted by Gasteiger charge is 2.51. The van der Waals surface area contributed by atoms with E-state index in [1.807, 2.05) is 0 Å². The minimum absolute atomic E-state index is 0.0598. The topological polar surface area (TPSA) is 95.5 Å². The molecular weight excluding hydrogens is 292 g/mol. The highest BCUT2D eigenvalue weighted by molar-refractivity contribution is 7.85. The summed E-state index contributed by atoms with van der Waals surface area (Å²) < 4.78 is 11.3. The molecular formula is C14H22N2O4S. The fraction of sp³-hybridized carbons (Fsp3) is 0.857. The summed E-state index contributed by atoms with van der Waals surface area (Å²) in [6, 6.07) is -0.444. The number of rotatable bonds is 3. The summed E-state index contributed by atoms with van der Waals surface area (Å²) >= 11 is 0. The van der Waals surface area contributed by atoms with Gasteiger partial charge in [-0.1, -0.05) is 0 Å². The van der Waals surface area contributed by atoms with Gasteiger partial charge in [0.1, 0.15) is 0 Å². The minimum atomic E-state index is -0.791. The molecule has 2 aliphatic carbocycles. The van der Waals surface area contributed by atoms with Crippen molar-refractivity contribution in [1.29, 1.82) is 0 Å². The molecule has 2 bridgehead atoms. The predicted molar refractivity (Wildman–Crippen MR) is 78.3 cm³/mol. The summed E-state index contributed by atoms with van der Waals surface area (Å²) in [7, 11) is -0.742.